The number of aryl methyl sites for hydroxylation is 1. The predicted octanol–water partition coefficient (Wildman–Crippen LogP) is 7.28. The van der Waals surface area contributed by atoms with Gasteiger partial charge in [-0.3, -0.25) is 4.55 Å². The quantitative estimate of drug-likeness (QED) is 0.221. The molecule has 0 radical (unpaired) electrons. The molecule has 0 aliphatic heterocycles. The number of ether oxygens (including phenoxy) is 1. The van der Waals surface area contributed by atoms with E-state index in [1.165, 1.54) is 76.0 Å². The number of phenols is 1. The Morgan fingerprint density at radius 3 is 1.87 bits per heavy atom. The van der Waals surface area contributed by atoms with Crippen LogP contribution in [0.5, 0.6) is 17.2 Å². The van der Waals surface area contributed by atoms with Crippen molar-refractivity contribution in [1.29, 1.82) is 0 Å². The molecule has 0 saturated heterocycles. The number of rotatable bonds is 15. The van der Waals surface area contributed by atoms with Gasteiger partial charge in [0.2, 0.25) is 0 Å². The fourth-order valence-electron chi connectivity index (χ4n) is 3.69. The molecule has 0 aliphatic carbocycles. The average Bonchev–Trinajstić information content (AvgIpc) is 2.73. The van der Waals surface area contributed by atoms with Gasteiger partial charge in [0.15, 0.2) is 5.75 Å². The summed E-state index contributed by atoms with van der Waals surface area (Å²) in [4.78, 5) is -0.235. The van der Waals surface area contributed by atoms with Crippen LogP contribution in [-0.2, 0) is 16.5 Å². The molecule has 0 spiro atoms. The van der Waals surface area contributed by atoms with Crippen molar-refractivity contribution in [1.82, 2.24) is 0 Å². The van der Waals surface area contributed by atoms with Gasteiger partial charge in [0, 0.05) is 0 Å². The molecule has 0 fully saturated rings. The van der Waals surface area contributed by atoms with Crippen LogP contribution >= 0.6 is 0 Å². The van der Waals surface area contributed by atoms with Gasteiger partial charge >= 0.3 is 0 Å². The van der Waals surface area contributed by atoms with Gasteiger partial charge in [-0.2, -0.15) is 8.42 Å². The van der Waals surface area contributed by atoms with Crippen LogP contribution in [0.25, 0.3) is 0 Å². The maximum Gasteiger partial charge on any atom is 0.298 e. The molecule has 0 bridgehead atoms. The van der Waals surface area contributed by atoms with Gasteiger partial charge < -0.3 is 9.84 Å². The number of unbranched alkanes of at least 4 members (excludes halogenated alkanes) is 10. The SMILES string of the molecule is CCCCCCCCCCCCCc1cccc(S(=O)(=O)O)c1Oc1ccc(O)cc1. The summed E-state index contributed by atoms with van der Waals surface area (Å²) >= 11 is 0. The third-order valence-electron chi connectivity index (χ3n) is 5.44. The first-order chi connectivity index (χ1) is 14.9. The number of hydrogen-bond donors (Lipinski definition) is 2. The van der Waals surface area contributed by atoms with E-state index in [0.29, 0.717) is 12.2 Å². The van der Waals surface area contributed by atoms with Gasteiger partial charge in [0.05, 0.1) is 0 Å². The second kappa shape index (κ2) is 13.4. The van der Waals surface area contributed by atoms with Crippen molar-refractivity contribution in [2.75, 3.05) is 0 Å². The molecular weight excluding hydrogens is 412 g/mol. The van der Waals surface area contributed by atoms with E-state index in [-0.39, 0.29) is 16.4 Å². The Morgan fingerprint density at radius 1 is 0.774 bits per heavy atom. The average molecular weight is 449 g/mol. The second-order valence-corrected chi connectivity index (χ2v) is 9.49. The first-order valence-corrected chi connectivity index (χ1v) is 12.9. The standard InChI is InChI=1S/C25H36O5S/c1-2-3-4-5-6-7-8-9-10-11-12-14-21-15-13-16-24(31(27,28)29)25(21)30-23-19-17-22(26)18-20-23/h13,15-20,26H,2-12,14H2,1H3,(H,27,28,29). The van der Waals surface area contributed by atoms with Gasteiger partial charge in [-0.1, -0.05) is 83.3 Å². The van der Waals surface area contributed by atoms with E-state index in [9.17, 15) is 18.1 Å². The first kappa shape index (κ1) is 25.2. The smallest absolute Gasteiger partial charge is 0.298 e. The summed E-state index contributed by atoms with van der Waals surface area (Å²) in [5.74, 6) is 0.647. The molecule has 31 heavy (non-hydrogen) atoms. The molecule has 0 aliphatic rings. The minimum Gasteiger partial charge on any atom is -0.508 e. The molecule has 2 aromatic carbocycles. The number of benzene rings is 2. The summed E-state index contributed by atoms with van der Waals surface area (Å²) in [5, 5.41) is 9.44. The lowest BCUT2D eigenvalue weighted by atomic mass is 10.0. The lowest BCUT2D eigenvalue weighted by Gasteiger charge is -2.14. The molecule has 0 aromatic heterocycles. The van der Waals surface area contributed by atoms with E-state index in [2.05, 4.69) is 6.92 Å². The summed E-state index contributed by atoms with van der Waals surface area (Å²) in [6.07, 6.45) is 14.3. The Kier molecular flexibility index (Phi) is 10.9. The van der Waals surface area contributed by atoms with E-state index in [4.69, 9.17) is 4.74 Å². The number of hydrogen-bond acceptors (Lipinski definition) is 4. The highest BCUT2D eigenvalue weighted by Gasteiger charge is 2.20. The zero-order valence-corrected chi connectivity index (χ0v) is 19.4. The van der Waals surface area contributed by atoms with Gasteiger partial charge in [-0.15, -0.1) is 0 Å². The van der Waals surface area contributed by atoms with Crippen molar-refractivity contribution in [3.63, 3.8) is 0 Å². The highest BCUT2D eigenvalue weighted by Crippen LogP contribution is 2.34. The van der Waals surface area contributed by atoms with Crippen molar-refractivity contribution in [2.24, 2.45) is 0 Å². The molecule has 0 heterocycles. The molecule has 6 heteroatoms. The predicted molar refractivity (Wildman–Crippen MR) is 125 cm³/mol. The molecule has 0 atom stereocenters. The van der Waals surface area contributed by atoms with Crippen molar-refractivity contribution < 1.29 is 22.8 Å². The summed E-state index contributed by atoms with van der Waals surface area (Å²) in [6, 6.07) is 10.9. The lowest BCUT2D eigenvalue weighted by Crippen LogP contribution is -2.04. The highest BCUT2D eigenvalue weighted by molar-refractivity contribution is 7.86. The van der Waals surface area contributed by atoms with Crippen LogP contribution in [-0.4, -0.2) is 18.1 Å². The van der Waals surface area contributed by atoms with Crippen molar-refractivity contribution in [3.05, 3.63) is 48.0 Å². The first-order valence-electron chi connectivity index (χ1n) is 11.5. The maximum absolute atomic E-state index is 11.8. The van der Waals surface area contributed by atoms with Crippen LogP contribution in [0.3, 0.4) is 0 Å². The summed E-state index contributed by atoms with van der Waals surface area (Å²) in [7, 11) is -4.41. The monoisotopic (exact) mass is 448 g/mol. The number of phenolic OH excluding ortho intramolecular Hbond substituents is 1. The molecule has 0 amide bonds. The molecule has 2 rings (SSSR count). The Hall–Kier alpha value is -2.05. The Morgan fingerprint density at radius 2 is 1.32 bits per heavy atom. The molecule has 2 aromatic rings. The van der Waals surface area contributed by atoms with Crippen LogP contribution in [0, 0.1) is 0 Å². The van der Waals surface area contributed by atoms with Crippen molar-refractivity contribution >= 4 is 10.1 Å². The zero-order chi connectivity index (χ0) is 22.5. The number of aromatic hydroxyl groups is 1. The highest BCUT2D eigenvalue weighted by atomic mass is 32.2. The molecule has 2 N–H and O–H groups in total. The summed E-state index contributed by atoms with van der Waals surface area (Å²) in [6.45, 7) is 2.24. The maximum atomic E-state index is 11.8. The van der Waals surface area contributed by atoms with E-state index < -0.39 is 10.1 Å². The fourth-order valence-corrected chi connectivity index (χ4v) is 4.35. The fraction of sp³-hybridized carbons (Fsp3) is 0.520. The lowest BCUT2D eigenvalue weighted by molar-refractivity contribution is 0.440. The van der Waals surface area contributed by atoms with E-state index in [0.717, 1.165) is 18.4 Å². The van der Waals surface area contributed by atoms with E-state index in [1.54, 1.807) is 18.2 Å². The Bertz CT molecular complexity index is 875. The summed E-state index contributed by atoms with van der Waals surface area (Å²) < 4.78 is 39.1. The van der Waals surface area contributed by atoms with E-state index >= 15 is 0 Å². The van der Waals surface area contributed by atoms with Gasteiger partial charge in [0.25, 0.3) is 10.1 Å². The minimum atomic E-state index is -4.41. The molecule has 0 unspecified atom stereocenters. The van der Waals surface area contributed by atoms with Crippen molar-refractivity contribution in [2.45, 2.75) is 88.9 Å². The Labute approximate surface area is 187 Å². The second-order valence-electron chi connectivity index (χ2n) is 8.10. The molecule has 5 nitrogen and oxygen atoms in total. The van der Waals surface area contributed by atoms with Crippen LogP contribution in [0.4, 0.5) is 0 Å². The van der Waals surface area contributed by atoms with Gasteiger partial charge in [-0.05, 0) is 48.7 Å². The largest absolute Gasteiger partial charge is 0.508 e. The minimum absolute atomic E-state index is 0.0941. The topological polar surface area (TPSA) is 83.8 Å². The third kappa shape index (κ3) is 9.32. The normalized spacial score (nSPS) is 11.5. The summed E-state index contributed by atoms with van der Waals surface area (Å²) in [5.41, 5.74) is 0.749. The number of para-hydroxylation sites is 1. The molecular formula is C25H36O5S. The van der Waals surface area contributed by atoms with E-state index in [1.807, 2.05) is 6.07 Å². The third-order valence-corrected chi connectivity index (χ3v) is 6.32. The van der Waals surface area contributed by atoms with Crippen LogP contribution in [0.2, 0.25) is 0 Å². The molecule has 0 saturated carbocycles. The van der Waals surface area contributed by atoms with Crippen molar-refractivity contribution in [3.8, 4) is 17.2 Å². The van der Waals surface area contributed by atoms with Gasteiger partial charge in [-0.25, -0.2) is 0 Å². The van der Waals surface area contributed by atoms with Gasteiger partial charge in [0.1, 0.15) is 16.4 Å². The van der Waals surface area contributed by atoms with Crippen LogP contribution < -0.4 is 4.74 Å². The molecule has 172 valence electrons. The zero-order valence-electron chi connectivity index (χ0n) is 18.6. The van der Waals surface area contributed by atoms with Crippen LogP contribution in [0.1, 0.15) is 83.1 Å². The van der Waals surface area contributed by atoms with Crippen LogP contribution in [0.15, 0.2) is 47.4 Å². The Balaban J connectivity index is 1.87.